The van der Waals surface area contributed by atoms with E-state index in [1.807, 2.05) is 0 Å². The molecule has 0 radical (unpaired) electrons. The molecule has 0 unspecified atom stereocenters. The van der Waals surface area contributed by atoms with Crippen molar-refractivity contribution in [1.82, 2.24) is 30.1 Å². The first-order valence-electron chi connectivity index (χ1n) is 8.99. The highest BCUT2D eigenvalue weighted by Crippen LogP contribution is 2.28. The van der Waals surface area contributed by atoms with E-state index in [1.165, 1.54) is 12.1 Å². The van der Waals surface area contributed by atoms with Crippen LogP contribution in [-0.4, -0.2) is 43.8 Å². The molecule has 2 aliphatic rings. The molecule has 1 saturated heterocycles. The van der Waals surface area contributed by atoms with Crippen molar-refractivity contribution in [2.24, 2.45) is 0 Å². The van der Waals surface area contributed by atoms with Crippen LogP contribution in [0.5, 0.6) is 0 Å². The van der Waals surface area contributed by atoms with Gasteiger partial charge in [-0.25, -0.2) is 9.07 Å². The first kappa shape index (κ1) is 16.1. The number of nitrogens with zero attached hydrogens (tertiary/aromatic N) is 5. The van der Waals surface area contributed by atoms with E-state index in [9.17, 15) is 9.18 Å². The number of rotatable bonds is 4. The maximum Gasteiger partial charge on any atom is 0.277 e. The number of amides is 1. The highest BCUT2D eigenvalue weighted by Gasteiger charge is 2.28. The van der Waals surface area contributed by atoms with Crippen molar-refractivity contribution in [2.45, 2.75) is 25.3 Å². The van der Waals surface area contributed by atoms with Crippen molar-refractivity contribution in [2.75, 3.05) is 18.4 Å². The quantitative estimate of drug-likeness (QED) is 0.729. The summed E-state index contributed by atoms with van der Waals surface area (Å²) in [5.41, 5.74) is 2.88. The van der Waals surface area contributed by atoms with Gasteiger partial charge in [-0.2, -0.15) is 15.0 Å². The molecular weight excluding hydrogens is 349 g/mol. The average molecular weight is 367 g/mol. The Balaban J connectivity index is 1.43. The van der Waals surface area contributed by atoms with E-state index in [0.29, 0.717) is 17.2 Å². The third kappa shape index (κ3) is 2.80. The number of hydrogen-bond donors (Lipinski definition) is 2. The topological polar surface area (TPSA) is 89.7 Å². The lowest BCUT2D eigenvalue weighted by Crippen LogP contribution is -2.44. The van der Waals surface area contributed by atoms with Gasteiger partial charge in [0.05, 0.1) is 17.9 Å². The second-order valence-corrected chi connectivity index (χ2v) is 6.84. The van der Waals surface area contributed by atoms with Gasteiger partial charge in [0.25, 0.3) is 5.91 Å². The molecule has 0 atom stereocenters. The summed E-state index contributed by atoms with van der Waals surface area (Å²) < 4.78 is 15.3. The lowest BCUT2D eigenvalue weighted by Gasteiger charge is -2.25. The summed E-state index contributed by atoms with van der Waals surface area (Å²) in [6.45, 7) is 1.65. The van der Waals surface area contributed by atoms with Gasteiger partial charge in [-0.15, -0.1) is 5.10 Å². The Labute approximate surface area is 154 Å². The molecule has 1 amide bonds. The fraction of sp³-hybridized carbons (Fsp3) is 0.333. The minimum absolute atomic E-state index is 0.229. The third-order valence-corrected chi connectivity index (χ3v) is 5.03. The Morgan fingerprint density at radius 1 is 1.26 bits per heavy atom. The smallest absolute Gasteiger partial charge is 0.277 e. The van der Waals surface area contributed by atoms with E-state index in [0.717, 1.165) is 43.6 Å². The van der Waals surface area contributed by atoms with Gasteiger partial charge in [0.2, 0.25) is 0 Å². The van der Waals surface area contributed by atoms with Crippen molar-refractivity contribution in [1.29, 1.82) is 0 Å². The molecule has 3 aromatic rings. The predicted molar refractivity (Wildman–Crippen MR) is 95.4 cm³/mol. The Kier molecular flexibility index (Phi) is 3.75. The van der Waals surface area contributed by atoms with E-state index in [2.05, 4.69) is 25.9 Å². The van der Waals surface area contributed by atoms with E-state index in [1.54, 1.807) is 27.8 Å². The van der Waals surface area contributed by atoms with Crippen molar-refractivity contribution in [3.05, 3.63) is 53.2 Å². The Hall–Kier alpha value is -3.07. The molecular formula is C18H18FN7O. The molecule has 9 heteroatoms. The molecule has 0 saturated carbocycles. The summed E-state index contributed by atoms with van der Waals surface area (Å²) in [6, 6.07) is 6.47. The normalized spacial score (nSPS) is 16.2. The SMILES string of the molecule is O=C(Nc1cnn(C2CNC2)n1)c1nn(-c2cccc(F)c2)c2c1CCC2. The van der Waals surface area contributed by atoms with Crippen LogP contribution in [0.1, 0.15) is 34.2 Å². The van der Waals surface area contributed by atoms with Crippen LogP contribution in [0, 0.1) is 5.82 Å². The van der Waals surface area contributed by atoms with Crippen LogP contribution in [0.2, 0.25) is 0 Å². The van der Waals surface area contributed by atoms with Crippen LogP contribution in [0.15, 0.2) is 30.5 Å². The van der Waals surface area contributed by atoms with Crippen molar-refractivity contribution in [3.63, 3.8) is 0 Å². The molecule has 2 aromatic heterocycles. The summed E-state index contributed by atoms with van der Waals surface area (Å²) in [6.07, 6.45) is 4.10. The number of carbonyl (C=O) groups excluding carboxylic acids is 1. The maximum absolute atomic E-state index is 13.6. The van der Waals surface area contributed by atoms with Crippen LogP contribution in [0.3, 0.4) is 0 Å². The molecule has 138 valence electrons. The van der Waals surface area contributed by atoms with Gasteiger partial charge >= 0.3 is 0 Å². The fourth-order valence-corrected chi connectivity index (χ4v) is 3.56. The Morgan fingerprint density at radius 2 is 2.15 bits per heavy atom. The zero-order chi connectivity index (χ0) is 18.4. The van der Waals surface area contributed by atoms with E-state index >= 15 is 0 Å². The highest BCUT2D eigenvalue weighted by atomic mass is 19.1. The number of nitrogens with one attached hydrogen (secondary N) is 2. The zero-order valence-corrected chi connectivity index (χ0v) is 14.5. The number of anilines is 1. The van der Waals surface area contributed by atoms with Crippen LogP contribution in [0.4, 0.5) is 10.2 Å². The molecule has 27 heavy (non-hydrogen) atoms. The van der Waals surface area contributed by atoms with Crippen LogP contribution in [-0.2, 0) is 12.8 Å². The van der Waals surface area contributed by atoms with E-state index < -0.39 is 0 Å². The van der Waals surface area contributed by atoms with E-state index in [-0.39, 0.29) is 17.8 Å². The molecule has 0 bridgehead atoms. The number of carbonyl (C=O) groups is 1. The summed E-state index contributed by atoms with van der Waals surface area (Å²) in [5, 5.41) is 18.9. The second-order valence-electron chi connectivity index (χ2n) is 6.84. The lowest BCUT2D eigenvalue weighted by atomic mass is 10.2. The molecule has 1 aromatic carbocycles. The summed E-state index contributed by atoms with van der Waals surface area (Å²) in [5.74, 6) is -0.246. The minimum Gasteiger partial charge on any atom is -0.312 e. The number of halogens is 1. The van der Waals surface area contributed by atoms with E-state index in [4.69, 9.17) is 0 Å². The van der Waals surface area contributed by atoms with Gasteiger partial charge in [0.1, 0.15) is 5.82 Å². The summed E-state index contributed by atoms with van der Waals surface area (Å²) in [7, 11) is 0. The molecule has 1 aliphatic carbocycles. The highest BCUT2D eigenvalue weighted by molar-refractivity contribution is 6.03. The predicted octanol–water partition coefficient (Wildman–Crippen LogP) is 1.49. The molecule has 0 spiro atoms. The number of benzene rings is 1. The molecule has 8 nitrogen and oxygen atoms in total. The van der Waals surface area contributed by atoms with Crippen molar-refractivity contribution in [3.8, 4) is 5.69 Å². The van der Waals surface area contributed by atoms with Crippen LogP contribution in [0.25, 0.3) is 5.69 Å². The first-order valence-corrected chi connectivity index (χ1v) is 8.99. The van der Waals surface area contributed by atoms with Gasteiger partial charge in [0.15, 0.2) is 11.5 Å². The zero-order valence-electron chi connectivity index (χ0n) is 14.5. The van der Waals surface area contributed by atoms with Crippen molar-refractivity contribution >= 4 is 11.7 Å². The minimum atomic E-state index is -0.331. The lowest BCUT2D eigenvalue weighted by molar-refractivity contribution is 0.102. The molecule has 3 heterocycles. The van der Waals surface area contributed by atoms with Crippen LogP contribution < -0.4 is 10.6 Å². The van der Waals surface area contributed by atoms with Gasteiger partial charge in [0, 0.05) is 24.3 Å². The van der Waals surface area contributed by atoms with Gasteiger partial charge < -0.3 is 10.6 Å². The Morgan fingerprint density at radius 3 is 2.93 bits per heavy atom. The summed E-state index contributed by atoms with van der Waals surface area (Å²) in [4.78, 5) is 14.4. The monoisotopic (exact) mass is 367 g/mol. The number of fused-ring (bicyclic) bond motifs is 1. The largest absolute Gasteiger partial charge is 0.312 e. The fourth-order valence-electron chi connectivity index (χ4n) is 3.56. The molecule has 2 N–H and O–H groups in total. The second kappa shape index (κ2) is 6.27. The van der Waals surface area contributed by atoms with Gasteiger partial charge in [-0.3, -0.25) is 4.79 Å². The van der Waals surface area contributed by atoms with Crippen LogP contribution >= 0.6 is 0 Å². The van der Waals surface area contributed by atoms with Crippen molar-refractivity contribution < 1.29 is 9.18 Å². The van der Waals surface area contributed by atoms with Gasteiger partial charge in [-0.1, -0.05) is 6.07 Å². The standard InChI is InChI=1S/C18H18FN7O/c19-11-3-1-4-12(7-11)25-15-6-2-5-14(15)17(24-25)18(27)22-16-10-21-26(23-16)13-8-20-9-13/h1,3-4,7,10,13,20H,2,5-6,8-9H2,(H,22,23,27). The summed E-state index contributed by atoms with van der Waals surface area (Å²) >= 11 is 0. The Bertz CT molecular complexity index is 1020. The van der Waals surface area contributed by atoms with Gasteiger partial charge in [-0.05, 0) is 37.5 Å². The average Bonchev–Trinajstić information content (AvgIpc) is 3.29. The first-order chi connectivity index (χ1) is 13.2. The number of hydrogen-bond acceptors (Lipinski definition) is 5. The molecule has 5 rings (SSSR count). The molecule has 1 fully saturated rings. The third-order valence-electron chi connectivity index (χ3n) is 5.03. The maximum atomic E-state index is 13.6. The molecule has 1 aliphatic heterocycles. The number of aromatic nitrogens is 5.